The second-order valence-electron chi connectivity index (χ2n) is 15.7. The summed E-state index contributed by atoms with van der Waals surface area (Å²) in [5, 5.41) is 65.3. The first kappa shape index (κ1) is 37.8. The summed E-state index contributed by atoms with van der Waals surface area (Å²) in [7, 11) is 4.63. The second kappa shape index (κ2) is 13.8. The minimum absolute atomic E-state index is 0.0102. The molecule has 6 aromatic carbocycles. The molecule has 0 radical (unpaired) electrons. The van der Waals surface area contributed by atoms with Gasteiger partial charge in [0.15, 0.2) is 0 Å². The van der Waals surface area contributed by atoms with Crippen molar-refractivity contribution in [3.05, 3.63) is 81.9 Å². The van der Waals surface area contributed by atoms with Crippen molar-refractivity contribution in [3.63, 3.8) is 0 Å². The normalized spacial score (nSPS) is 17.6. The second-order valence-corrected chi connectivity index (χ2v) is 15.7. The Morgan fingerprint density at radius 3 is 1.68 bits per heavy atom. The fourth-order valence-corrected chi connectivity index (χ4v) is 9.49. The van der Waals surface area contributed by atoms with Gasteiger partial charge in [0.2, 0.25) is 0 Å². The van der Waals surface area contributed by atoms with Gasteiger partial charge in [-0.3, -0.25) is 4.99 Å². The monoisotopic (exact) mass is 768 g/mol. The van der Waals surface area contributed by atoms with Crippen LogP contribution >= 0.6 is 0 Å². The van der Waals surface area contributed by atoms with Gasteiger partial charge in [-0.2, -0.15) is 0 Å². The lowest BCUT2D eigenvalue weighted by Gasteiger charge is -2.32. The number of aliphatic imine (C=N–C) groups is 1. The third-order valence-corrected chi connectivity index (χ3v) is 11.7. The van der Waals surface area contributed by atoms with Crippen LogP contribution in [0.3, 0.4) is 0 Å². The van der Waals surface area contributed by atoms with Crippen LogP contribution in [0.4, 0.5) is 0 Å². The maximum absolute atomic E-state index is 12.5. The molecule has 10 nitrogen and oxygen atoms in total. The van der Waals surface area contributed by atoms with Gasteiger partial charge in [0.25, 0.3) is 0 Å². The van der Waals surface area contributed by atoms with E-state index < -0.39 is 0 Å². The quantitative estimate of drug-likeness (QED) is 0.0973. The third kappa shape index (κ3) is 5.84. The number of nitrogens with zero attached hydrogens (tertiary/aromatic N) is 1. The fourth-order valence-electron chi connectivity index (χ4n) is 9.49. The number of hydrogen-bond donors (Lipinski definition) is 6. The van der Waals surface area contributed by atoms with Crippen molar-refractivity contribution < 1.29 is 39.7 Å². The molecule has 0 unspecified atom stereocenters. The predicted molar refractivity (Wildman–Crippen MR) is 225 cm³/mol. The number of phenolic OH excluding ortho intramolecular Hbond substituents is 5. The van der Waals surface area contributed by atoms with Gasteiger partial charge in [-0.15, -0.1) is 0 Å². The van der Waals surface area contributed by atoms with Crippen LogP contribution < -0.4 is 19.5 Å². The predicted octanol–water partition coefficient (Wildman–Crippen LogP) is 9.51. The Labute approximate surface area is 331 Å². The number of benzene rings is 6. The molecule has 2 aliphatic rings. The van der Waals surface area contributed by atoms with Crippen LogP contribution in [-0.4, -0.2) is 64.7 Å². The van der Waals surface area contributed by atoms with E-state index in [2.05, 4.69) is 12.2 Å². The van der Waals surface area contributed by atoms with Crippen LogP contribution in [0.1, 0.15) is 67.1 Å². The molecular weight excluding hydrogens is 721 g/mol. The molecule has 0 aliphatic carbocycles. The lowest BCUT2D eigenvalue weighted by molar-refractivity contribution is 0.402. The molecule has 294 valence electrons. The average Bonchev–Trinajstić information content (AvgIpc) is 3.14. The lowest BCUT2D eigenvalue weighted by atomic mass is 9.81. The molecule has 0 spiro atoms. The number of phenols is 5. The number of methoxy groups -OCH3 is 3. The van der Waals surface area contributed by atoms with Crippen LogP contribution in [-0.2, 0) is 12.8 Å². The summed E-state index contributed by atoms with van der Waals surface area (Å²) in [5.41, 5.74) is 8.16. The first-order valence-corrected chi connectivity index (χ1v) is 19.2. The van der Waals surface area contributed by atoms with E-state index in [1.165, 1.54) is 20.3 Å². The Hall–Kier alpha value is -6.13. The smallest absolute Gasteiger partial charge is 0.139 e. The molecular formula is C47H48N2O8. The van der Waals surface area contributed by atoms with E-state index in [4.69, 9.17) is 19.2 Å². The Bertz CT molecular complexity index is 2720. The molecule has 6 aromatic rings. The lowest BCUT2D eigenvalue weighted by Crippen LogP contribution is -2.36. The summed E-state index contributed by atoms with van der Waals surface area (Å²) in [5.74, 6) is 0.758. The molecule has 0 saturated heterocycles. The zero-order valence-corrected chi connectivity index (χ0v) is 33.7. The van der Waals surface area contributed by atoms with Crippen molar-refractivity contribution >= 4 is 27.3 Å². The van der Waals surface area contributed by atoms with E-state index in [0.29, 0.717) is 79.5 Å². The number of fused-ring (bicyclic) bond motifs is 4. The summed E-state index contributed by atoms with van der Waals surface area (Å²) in [4.78, 5) is 4.84. The molecule has 0 amide bonds. The van der Waals surface area contributed by atoms with Crippen molar-refractivity contribution in [1.29, 1.82) is 0 Å². The Kier molecular flexibility index (Phi) is 9.15. The summed E-state index contributed by atoms with van der Waals surface area (Å²) in [6.07, 6.45) is 1.14. The molecule has 2 aliphatic heterocycles. The third-order valence-electron chi connectivity index (χ3n) is 11.7. The van der Waals surface area contributed by atoms with Gasteiger partial charge >= 0.3 is 0 Å². The van der Waals surface area contributed by atoms with Gasteiger partial charge < -0.3 is 45.1 Å². The number of aryl methyl sites for hydroxylation is 2. The zero-order valence-electron chi connectivity index (χ0n) is 33.7. The largest absolute Gasteiger partial charge is 0.507 e. The Morgan fingerprint density at radius 2 is 1.14 bits per heavy atom. The van der Waals surface area contributed by atoms with Crippen LogP contribution in [0, 0.1) is 13.8 Å². The van der Waals surface area contributed by atoms with Gasteiger partial charge in [-0.25, -0.2) is 0 Å². The Balaban J connectivity index is 1.55. The van der Waals surface area contributed by atoms with Crippen molar-refractivity contribution in [2.24, 2.45) is 4.99 Å². The number of ether oxygens (including phenoxy) is 3. The summed E-state index contributed by atoms with van der Waals surface area (Å²) in [6.45, 7) is 11.9. The minimum Gasteiger partial charge on any atom is -0.507 e. The molecule has 2 heterocycles. The molecule has 57 heavy (non-hydrogen) atoms. The molecule has 0 bridgehead atoms. The van der Waals surface area contributed by atoms with Gasteiger partial charge in [0.1, 0.15) is 46.0 Å². The van der Waals surface area contributed by atoms with Gasteiger partial charge in [-0.1, -0.05) is 12.1 Å². The number of rotatable bonds is 6. The topological polar surface area (TPSA) is 153 Å². The highest BCUT2D eigenvalue weighted by molar-refractivity contribution is 6.15. The minimum atomic E-state index is -0.207. The fraction of sp³-hybridized carbons (Fsp3) is 0.298. The summed E-state index contributed by atoms with van der Waals surface area (Å²) < 4.78 is 18.0. The molecule has 6 N–H and O–H groups in total. The van der Waals surface area contributed by atoms with E-state index in [0.717, 1.165) is 33.5 Å². The van der Waals surface area contributed by atoms with E-state index in [-0.39, 0.29) is 58.0 Å². The molecule has 0 fully saturated rings. The van der Waals surface area contributed by atoms with Gasteiger partial charge in [0, 0.05) is 51.7 Å². The van der Waals surface area contributed by atoms with Crippen LogP contribution in [0.2, 0.25) is 0 Å². The first-order valence-electron chi connectivity index (χ1n) is 19.2. The van der Waals surface area contributed by atoms with Crippen LogP contribution in [0.25, 0.3) is 54.9 Å². The van der Waals surface area contributed by atoms with Crippen molar-refractivity contribution in [2.45, 2.75) is 72.5 Å². The van der Waals surface area contributed by atoms with Gasteiger partial charge in [0.05, 0.1) is 43.7 Å². The first-order chi connectivity index (χ1) is 27.2. The summed E-state index contributed by atoms with van der Waals surface area (Å²) >= 11 is 0. The average molecular weight is 769 g/mol. The number of hydrogen-bond acceptors (Lipinski definition) is 10. The van der Waals surface area contributed by atoms with E-state index >= 15 is 0 Å². The van der Waals surface area contributed by atoms with Gasteiger partial charge in [-0.05, 0) is 129 Å². The highest BCUT2D eigenvalue weighted by Crippen LogP contribution is 2.56. The molecule has 8 rings (SSSR count). The number of aromatic hydroxyl groups is 5. The molecule has 10 heteroatoms. The van der Waals surface area contributed by atoms with E-state index in [1.54, 1.807) is 25.3 Å². The maximum Gasteiger partial charge on any atom is 0.139 e. The number of nitrogens with one attached hydrogen (secondary N) is 1. The highest BCUT2D eigenvalue weighted by Gasteiger charge is 2.33. The molecule has 3 atom stereocenters. The van der Waals surface area contributed by atoms with Crippen LogP contribution in [0.15, 0.2) is 53.5 Å². The SMILES string of the molecule is COc1c2c(cc(O)c1-c1cc(-c3cc(-c4c(O)cc(O)c5c4C[C@H](C)N[C@@H]5C)c4cc(C)cc(OC)c4c3O)c(O)c3c(OC)cc(C)cc13)C[C@@H](C)N=C2C. The van der Waals surface area contributed by atoms with Crippen molar-refractivity contribution in [3.8, 4) is 79.4 Å². The van der Waals surface area contributed by atoms with Crippen molar-refractivity contribution in [2.75, 3.05) is 21.3 Å². The molecule has 0 aromatic heterocycles. The highest BCUT2D eigenvalue weighted by atomic mass is 16.5. The molecule has 0 saturated carbocycles. The summed E-state index contributed by atoms with van der Waals surface area (Å²) in [6, 6.07) is 14.0. The standard InChI is InChI=1S/C47H48N2O8/c1-20-10-27-29(41-33-15-23(4)49-25(6)40(33)35(51)19-36(41)52)17-31(45(53)43(27)37(12-20)55-7)32-18-30(28-11-21(2)13-38(56-8)44(28)46(32)54)42-34(50)16-26-14-22(3)48-24(5)39(26)47(42)57-9/h10-13,16-19,22-23,25,49-54H,14-15H2,1-9H3/t22-,23+,25-/m1/s1. The van der Waals surface area contributed by atoms with E-state index in [1.807, 2.05) is 58.9 Å². The van der Waals surface area contributed by atoms with Crippen molar-refractivity contribution in [1.82, 2.24) is 5.32 Å². The Morgan fingerprint density at radius 1 is 0.596 bits per heavy atom. The van der Waals surface area contributed by atoms with Crippen LogP contribution in [0.5, 0.6) is 46.0 Å². The zero-order chi connectivity index (χ0) is 40.8. The maximum atomic E-state index is 12.5. The van der Waals surface area contributed by atoms with E-state index in [9.17, 15) is 25.5 Å².